The number of ether oxygens (including phenoxy) is 2. The average Bonchev–Trinajstić information content (AvgIpc) is 3.00. The van der Waals surface area contributed by atoms with Gasteiger partial charge in [-0.2, -0.15) is 0 Å². The number of carbonyl (C=O) groups excluding carboxylic acids is 2. The van der Waals surface area contributed by atoms with E-state index in [1.807, 2.05) is 54.8 Å². The second-order valence-corrected chi connectivity index (χ2v) is 19.2. The van der Waals surface area contributed by atoms with Crippen molar-refractivity contribution in [2.45, 2.75) is 103 Å². The maximum Gasteiger partial charge on any atom is 0.410 e. The molecule has 0 spiro atoms. The summed E-state index contributed by atoms with van der Waals surface area (Å²) in [7, 11) is -0.447. The third kappa shape index (κ3) is 5.53. The Bertz CT molecular complexity index is 1080. The van der Waals surface area contributed by atoms with Gasteiger partial charge in [-0.3, -0.25) is 4.79 Å². The normalized spacial score (nSPS) is 28.6. The molecular weight excluding hydrogens is 524 g/mol. The summed E-state index contributed by atoms with van der Waals surface area (Å²) >= 11 is 0. The molecule has 8 nitrogen and oxygen atoms in total. The summed E-state index contributed by atoms with van der Waals surface area (Å²) in [6.45, 7) is 18.2. The second-order valence-electron chi connectivity index (χ2n) is 14.4. The molecule has 3 aliphatic rings. The highest BCUT2D eigenvalue weighted by Crippen LogP contribution is 2.59. The average molecular weight is 575 g/mol. The van der Waals surface area contributed by atoms with Crippen LogP contribution < -0.4 is 4.74 Å². The maximum atomic E-state index is 14.2. The lowest BCUT2D eigenvalue weighted by molar-refractivity contribution is -0.138. The van der Waals surface area contributed by atoms with E-state index in [0.717, 1.165) is 11.3 Å². The van der Waals surface area contributed by atoms with Crippen LogP contribution in [-0.2, 0) is 20.5 Å². The summed E-state index contributed by atoms with van der Waals surface area (Å²) in [5.41, 5.74) is -0.336. The largest absolute Gasteiger partial charge is 0.497 e. The van der Waals surface area contributed by atoms with Crippen LogP contribution in [0.2, 0.25) is 18.1 Å². The first-order valence-electron chi connectivity index (χ1n) is 14.7. The lowest BCUT2D eigenvalue weighted by atomic mass is 9.58. The zero-order valence-corrected chi connectivity index (χ0v) is 27.0. The van der Waals surface area contributed by atoms with Crippen LogP contribution in [0.5, 0.6) is 5.75 Å². The zero-order valence-electron chi connectivity index (χ0n) is 26.0. The molecule has 1 aromatic carbocycles. The van der Waals surface area contributed by atoms with Crippen LogP contribution in [0.4, 0.5) is 4.79 Å². The summed E-state index contributed by atoms with van der Waals surface area (Å²) in [6, 6.07) is 7.48. The van der Waals surface area contributed by atoms with Gasteiger partial charge in [-0.15, -0.1) is 0 Å². The smallest absolute Gasteiger partial charge is 0.410 e. The number of carbonyl (C=O) groups is 2. The maximum absolute atomic E-state index is 14.2. The van der Waals surface area contributed by atoms with Gasteiger partial charge < -0.3 is 28.8 Å². The molecule has 9 heteroatoms. The van der Waals surface area contributed by atoms with Crippen LogP contribution in [0.1, 0.15) is 66.4 Å². The first-order valence-corrected chi connectivity index (χ1v) is 17.7. The van der Waals surface area contributed by atoms with Gasteiger partial charge in [-0.25, -0.2) is 4.79 Å². The SMILES string of the molecule is COc1ccc(CN2C(=O)C3C[C@@H](CO[Si](C)(C)C(C)(C)C)[C@H]4N(C(=O)OC(C)(C)C)CC[C@H]3[C@]42CCO)cc1. The fourth-order valence-electron chi connectivity index (χ4n) is 7.03. The molecule has 4 rings (SSSR count). The first kappa shape index (κ1) is 30.8. The Morgan fingerprint density at radius 2 is 1.77 bits per heavy atom. The number of piperidine rings is 1. The third-order valence-corrected chi connectivity index (χ3v) is 14.4. The van der Waals surface area contributed by atoms with Gasteiger partial charge in [0.05, 0.1) is 18.7 Å². The molecule has 2 aliphatic heterocycles. The van der Waals surface area contributed by atoms with Crippen molar-refractivity contribution in [1.82, 2.24) is 9.80 Å². The molecule has 1 unspecified atom stereocenters. The van der Waals surface area contributed by atoms with Crippen LogP contribution in [-0.4, -0.2) is 79.3 Å². The Balaban J connectivity index is 1.77. The van der Waals surface area contributed by atoms with E-state index in [2.05, 4.69) is 33.9 Å². The van der Waals surface area contributed by atoms with E-state index in [1.54, 1.807) is 7.11 Å². The molecule has 2 saturated heterocycles. The number of benzene rings is 1. The van der Waals surface area contributed by atoms with E-state index in [-0.39, 0.29) is 47.4 Å². The topological polar surface area (TPSA) is 88.5 Å². The van der Waals surface area contributed by atoms with Gasteiger partial charge in [0.25, 0.3) is 0 Å². The molecule has 1 saturated carbocycles. The highest BCUT2D eigenvalue weighted by Gasteiger charge is 2.69. The molecular formula is C31H50N2O6Si. The molecule has 4 bridgehead atoms. The van der Waals surface area contributed by atoms with Crippen LogP contribution in [0.15, 0.2) is 24.3 Å². The number of aliphatic hydroxyl groups is 1. The number of aliphatic hydroxyl groups excluding tert-OH is 1. The minimum absolute atomic E-state index is 0.0413. The van der Waals surface area contributed by atoms with Crippen LogP contribution in [0.3, 0.4) is 0 Å². The summed E-state index contributed by atoms with van der Waals surface area (Å²) < 4.78 is 18.0. The van der Waals surface area contributed by atoms with E-state index in [0.29, 0.717) is 39.0 Å². The summed E-state index contributed by atoms with van der Waals surface area (Å²) in [5.74, 6) is 0.767. The van der Waals surface area contributed by atoms with Gasteiger partial charge >= 0.3 is 6.09 Å². The molecule has 0 radical (unpaired) electrons. The highest BCUT2D eigenvalue weighted by atomic mass is 28.4. The predicted molar refractivity (Wildman–Crippen MR) is 158 cm³/mol. The molecule has 1 aromatic rings. The van der Waals surface area contributed by atoms with Crippen molar-refractivity contribution in [1.29, 1.82) is 0 Å². The summed E-state index contributed by atoms with van der Waals surface area (Å²) in [5, 5.41) is 10.5. The van der Waals surface area contributed by atoms with Crippen molar-refractivity contribution in [3.05, 3.63) is 29.8 Å². The van der Waals surface area contributed by atoms with Crippen LogP contribution in [0.25, 0.3) is 0 Å². The Morgan fingerprint density at radius 1 is 1.12 bits per heavy atom. The first-order chi connectivity index (χ1) is 18.6. The summed E-state index contributed by atoms with van der Waals surface area (Å²) in [6.07, 6.45) is 1.44. The molecule has 1 N–H and O–H groups in total. The van der Waals surface area contributed by atoms with Gasteiger partial charge in [-0.05, 0) is 81.8 Å². The van der Waals surface area contributed by atoms with Gasteiger partial charge in [0.1, 0.15) is 11.4 Å². The van der Waals surface area contributed by atoms with Crippen LogP contribution in [0, 0.1) is 17.8 Å². The van der Waals surface area contributed by atoms with Crippen molar-refractivity contribution < 1.29 is 28.6 Å². The fourth-order valence-corrected chi connectivity index (χ4v) is 8.09. The third-order valence-electron chi connectivity index (χ3n) is 9.85. The standard InChI is InChI=1S/C31H50N2O6Si/c1-29(2,3)39-28(36)32-16-14-25-24-18-22(20-38-40(8,9)30(4,5)6)26(32)31(25,15-17-34)33(27(24)35)19-21-10-12-23(37-7)13-11-21/h10-13,22,24-26,34H,14-20H2,1-9H3/t22-,24?,25+,26+,31+/m0/s1. The molecule has 40 heavy (non-hydrogen) atoms. The fraction of sp³-hybridized carbons (Fsp3) is 0.742. The van der Waals surface area contributed by atoms with Crippen molar-refractivity contribution in [3.8, 4) is 5.75 Å². The molecule has 224 valence electrons. The van der Waals surface area contributed by atoms with Crippen molar-refractivity contribution in [3.63, 3.8) is 0 Å². The second kappa shape index (κ2) is 10.9. The number of hydrogen-bond acceptors (Lipinski definition) is 6. The van der Waals surface area contributed by atoms with Gasteiger partial charge in [0, 0.05) is 38.1 Å². The monoisotopic (exact) mass is 574 g/mol. The Morgan fingerprint density at radius 3 is 2.33 bits per heavy atom. The number of hydrogen-bond donors (Lipinski definition) is 1. The van der Waals surface area contributed by atoms with E-state index in [1.165, 1.54) is 0 Å². The van der Waals surface area contributed by atoms with E-state index in [4.69, 9.17) is 13.9 Å². The van der Waals surface area contributed by atoms with Crippen LogP contribution >= 0.6 is 0 Å². The lowest BCUT2D eigenvalue weighted by Gasteiger charge is -2.59. The Labute approximate surface area is 241 Å². The van der Waals surface area contributed by atoms with E-state index in [9.17, 15) is 14.7 Å². The van der Waals surface area contributed by atoms with Crippen molar-refractivity contribution in [2.24, 2.45) is 17.8 Å². The minimum atomic E-state index is -2.08. The quantitative estimate of drug-likeness (QED) is 0.416. The lowest BCUT2D eigenvalue weighted by Crippen LogP contribution is -2.71. The molecule has 2 heterocycles. The molecule has 0 aromatic heterocycles. The number of rotatable bonds is 8. The molecule has 2 amide bonds. The number of methoxy groups -OCH3 is 1. The van der Waals surface area contributed by atoms with E-state index >= 15 is 0 Å². The van der Waals surface area contributed by atoms with E-state index < -0.39 is 19.5 Å². The van der Waals surface area contributed by atoms with Gasteiger partial charge in [0.15, 0.2) is 8.32 Å². The zero-order chi connectivity index (χ0) is 29.7. The highest BCUT2D eigenvalue weighted by molar-refractivity contribution is 6.74. The molecule has 1 aliphatic carbocycles. The van der Waals surface area contributed by atoms with Gasteiger partial charge in [-0.1, -0.05) is 32.9 Å². The predicted octanol–water partition coefficient (Wildman–Crippen LogP) is 5.44. The number of likely N-dealkylation sites (tertiary alicyclic amines) is 2. The molecule has 5 atom stereocenters. The Kier molecular flexibility index (Phi) is 8.44. The molecule has 3 fully saturated rings. The van der Waals surface area contributed by atoms with Gasteiger partial charge in [0.2, 0.25) is 5.91 Å². The van der Waals surface area contributed by atoms with Crippen molar-refractivity contribution >= 4 is 20.3 Å². The number of nitrogens with zero attached hydrogens (tertiary/aromatic N) is 2. The van der Waals surface area contributed by atoms with Crippen molar-refractivity contribution in [2.75, 3.05) is 26.9 Å². The summed E-state index contributed by atoms with van der Waals surface area (Å²) in [4.78, 5) is 31.8. The number of amides is 2. The minimum Gasteiger partial charge on any atom is -0.497 e. The Hall–Kier alpha value is -2.10.